The van der Waals surface area contributed by atoms with Gasteiger partial charge in [0.2, 0.25) is 0 Å². The van der Waals surface area contributed by atoms with Crippen LogP contribution in [0.25, 0.3) is 0 Å². The van der Waals surface area contributed by atoms with Crippen LogP contribution in [0.5, 0.6) is 0 Å². The van der Waals surface area contributed by atoms with E-state index >= 15 is 0 Å². The summed E-state index contributed by atoms with van der Waals surface area (Å²) in [7, 11) is 0. The number of hydrogen-bond donors (Lipinski definition) is 1. The van der Waals surface area contributed by atoms with Crippen LogP contribution in [0.15, 0.2) is 24.3 Å². The highest BCUT2D eigenvalue weighted by Crippen LogP contribution is 2.03. The van der Waals surface area contributed by atoms with Gasteiger partial charge < -0.3 is 5.32 Å². The minimum atomic E-state index is 0.0190. The van der Waals surface area contributed by atoms with E-state index in [1.165, 1.54) is 19.3 Å². The molecule has 116 valence electrons. The Balaban J connectivity index is 0. The Morgan fingerprint density at radius 1 is 1.00 bits per heavy atom. The van der Waals surface area contributed by atoms with Crippen molar-refractivity contribution in [2.24, 2.45) is 0 Å². The van der Waals surface area contributed by atoms with Crippen LogP contribution in [0, 0.1) is 6.92 Å². The van der Waals surface area contributed by atoms with Gasteiger partial charge in [-0.2, -0.15) is 0 Å². The van der Waals surface area contributed by atoms with Gasteiger partial charge in [-0.1, -0.05) is 71.6 Å². The van der Waals surface area contributed by atoms with Crippen LogP contribution in [0.3, 0.4) is 0 Å². The molecule has 0 radical (unpaired) electrons. The van der Waals surface area contributed by atoms with E-state index in [1.807, 2.05) is 38.1 Å². The van der Waals surface area contributed by atoms with E-state index in [0.29, 0.717) is 0 Å². The second-order valence-corrected chi connectivity index (χ2v) is 4.83. The molecule has 0 aromatic heterocycles. The van der Waals surface area contributed by atoms with E-state index in [2.05, 4.69) is 33.0 Å². The molecule has 0 saturated heterocycles. The fourth-order valence-electron chi connectivity index (χ4n) is 1.13. The molecule has 1 aromatic carbocycles. The lowest BCUT2D eigenvalue weighted by Gasteiger charge is -2.03. The van der Waals surface area contributed by atoms with Crippen molar-refractivity contribution in [3.8, 4) is 0 Å². The van der Waals surface area contributed by atoms with Gasteiger partial charge in [-0.3, -0.25) is 4.79 Å². The minimum Gasteiger partial charge on any atom is -0.352 e. The molecule has 0 heterocycles. The largest absolute Gasteiger partial charge is 0.352 e. The molecule has 2 heteroatoms. The molecular formula is C18H33NO. The zero-order valence-electron chi connectivity index (χ0n) is 14.3. The number of amides is 1. The monoisotopic (exact) mass is 279 g/mol. The SMILES string of the molecule is CCC.CCCC.CCCNC(=O)c1cccc(C)c1. The summed E-state index contributed by atoms with van der Waals surface area (Å²) in [5, 5.41) is 2.84. The molecule has 0 aliphatic carbocycles. The predicted octanol–water partition coefficient (Wildman–Crippen LogP) is 5.36. The third kappa shape index (κ3) is 13.1. The molecule has 0 spiro atoms. The third-order valence-corrected chi connectivity index (χ3v) is 2.32. The topological polar surface area (TPSA) is 29.1 Å². The smallest absolute Gasteiger partial charge is 0.251 e. The second kappa shape index (κ2) is 15.7. The highest BCUT2D eigenvalue weighted by Gasteiger charge is 2.02. The highest BCUT2D eigenvalue weighted by atomic mass is 16.1. The quantitative estimate of drug-likeness (QED) is 0.790. The Morgan fingerprint density at radius 3 is 1.95 bits per heavy atom. The van der Waals surface area contributed by atoms with Crippen LogP contribution in [0.1, 0.15) is 76.2 Å². The first-order valence-corrected chi connectivity index (χ1v) is 7.91. The molecule has 0 unspecified atom stereocenters. The summed E-state index contributed by atoms with van der Waals surface area (Å²) in [5.41, 5.74) is 1.86. The van der Waals surface area contributed by atoms with Crippen LogP contribution in [0.2, 0.25) is 0 Å². The van der Waals surface area contributed by atoms with E-state index in [-0.39, 0.29) is 5.91 Å². The fourth-order valence-corrected chi connectivity index (χ4v) is 1.13. The molecular weight excluding hydrogens is 246 g/mol. The molecule has 0 bridgehead atoms. The summed E-state index contributed by atoms with van der Waals surface area (Å²) in [4.78, 5) is 11.4. The van der Waals surface area contributed by atoms with Crippen LogP contribution in [-0.4, -0.2) is 12.5 Å². The second-order valence-electron chi connectivity index (χ2n) is 4.83. The van der Waals surface area contributed by atoms with Crippen LogP contribution in [0.4, 0.5) is 0 Å². The van der Waals surface area contributed by atoms with Crippen molar-refractivity contribution >= 4 is 5.91 Å². The molecule has 0 aliphatic heterocycles. The predicted molar refractivity (Wildman–Crippen MR) is 90.4 cm³/mol. The number of rotatable bonds is 4. The van der Waals surface area contributed by atoms with Gasteiger partial charge >= 0.3 is 0 Å². The third-order valence-electron chi connectivity index (χ3n) is 2.32. The molecule has 1 N–H and O–H groups in total. The zero-order chi connectivity index (χ0) is 15.8. The van der Waals surface area contributed by atoms with Crippen molar-refractivity contribution in [3.05, 3.63) is 35.4 Å². The molecule has 0 atom stereocenters. The molecule has 0 aliphatic rings. The summed E-state index contributed by atoms with van der Waals surface area (Å²) in [6, 6.07) is 7.61. The van der Waals surface area contributed by atoms with Crippen molar-refractivity contribution in [1.29, 1.82) is 0 Å². The summed E-state index contributed by atoms with van der Waals surface area (Å²) in [5.74, 6) is 0.0190. The van der Waals surface area contributed by atoms with Crippen molar-refractivity contribution in [2.75, 3.05) is 6.54 Å². The van der Waals surface area contributed by atoms with Gasteiger partial charge in [0, 0.05) is 12.1 Å². The van der Waals surface area contributed by atoms with Crippen molar-refractivity contribution < 1.29 is 4.79 Å². The maximum atomic E-state index is 11.4. The maximum Gasteiger partial charge on any atom is 0.251 e. The maximum absolute atomic E-state index is 11.4. The van der Waals surface area contributed by atoms with Crippen LogP contribution in [-0.2, 0) is 0 Å². The van der Waals surface area contributed by atoms with Gasteiger partial charge in [0.05, 0.1) is 0 Å². The molecule has 2 nitrogen and oxygen atoms in total. The number of benzene rings is 1. The molecule has 1 aromatic rings. The van der Waals surface area contributed by atoms with Gasteiger partial charge in [-0.25, -0.2) is 0 Å². The number of aryl methyl sites for hydroxylation is 1. The molecule has 1 rings (SSSR count). The summed E-state index contributed by atoms with van der Waals surface area (Å²) >= 11 is 0. The van der Waals surface area contributed by atoms with Gasteiger partial charge in [0.25, 0.3) is 5.91 Å². The van der Waals surface area contributed by atoms with E-state index < -0.39 is 0 Å². The van der Waals surface area contributed by atoms with E-state index in [1.54, 1.807) is 0 Å². The average molecular weight is 279 g/mol. The Kier molecular flexibility index (Phi) is 16.5. The number of unbranched alkanes of at least 4 members (excludes halogenated alkanes) is 1. The molecule has 0 fully saturated rings. The van der Waals surface area contributed by atoms with Crippen molar-refractivity contribution in [1.82, 2.24) is 5.32 Å². The van der Waals surface area contributed by atoms with E-state index in [4.69, 9.17) is 0 Å². The van der Waals surface area contributed by atoms with E-state index in [0.717, 1.165) is 24.1 Å². The highest BCUT2D eigenvalue weighted by molar-refractivity contribution is 5.94. The molecule has 0 saturated carbocycles. The first kappa shape index (κ1) is 21.0. The number of hydrogen-bond acceptors (Lipinski definition) is 1. The first-order chi connectivity index (χ1) is 9.56. The normalized spacial score (nSPS) is 8.70. The van der Waals surface area contributed by atoms with Gasteiger partial charge in [0.15, 0.2) is 0 Å². The van der Waals surface area contributed by atoms with E-state index in [9.17, 15) is 4.79 Å². The first-order valence-electron chi connectivity index (χ1n) is 7.91. The van der Waals surface area contributed by atoms with Gasteiger partial charge in [-0.15, -0.1) is 0 Å². The minimum absolute atomic E-state index is 0.0190. The lowest BCUT2D eigenvalue weighted by atomic mass is 10.1. The number of carbonyl (C=O) groups excluding carboxylic acids is 1. The Morgan fingerprint density at radius 2 is 1.55 bits per heavy atom. The zero-order valence-corrected chi connectivity index (χ0v) is 14.3. The average Bonchev–Trinajstić information content (AvgIpc) is 2.46. The van der Waals surface area contributed by atoms with Crippen LogP contribution >= 0.6 is 0 Å². The molecule has 1 amide bonds. The number of nitrogens with one attached hydrogen (secondary N) is 1. The Hall–Kier alpha value is -1.31. The lowest BCUT2D eigenvalue weighted by molar-refractivity contribution is 0.0953. The summed E-state index contributed by atoms with van der Waals surface area (Å²) < 4.78 is 0. The standard InChI is InChI=1S/C11H15NO.C4H10.C3H8/c1-3-7-12-11(13)10-6-4-5-9(2)8-10;1-3-4-2;1-3-2/h4-6,8H,3,7H2,1-2H3,(H,12,13);3-4H2,1-2H3;3H2,1-2H3. The van der Waals surface area contributed by atoms with Crippen LogP contribution < -0.4 is 5.32 Å². The Bertz CT molecular complexity index is 332. The summed E-state index contributed by atoms with van der Waals surface area (Å²) in [6.07, 6.45) is 4.86. The van der Waals surface area contributed by atoms with Crippen molar-refractivity contribution in [2.45, 2.75) is 67.2 Å². The molecule has 20 heavy (non-hydrogen) atoms. The van der Waals surface area contributed by atoms with Gasteiger partial charge in [-0.05, 0) is 25.5 Å². The summed E-state index contributed by atoms with van der Waals surface area (Å²) in [6.45, 7) is 13.4. The number of carbonyl (C=O) groups is 1. The fraction of sp³-hybridized carbons (Fsp3) is 0.611. The van der Waals surface area contributed by atoms with Gasteiger partial charge in [0.1, 0.15) is 0 Å². The lowest BCUT2D eigenvalue weighted by Crippen LogP contribution is -2.23. The Labute approximate surface area is 126 Å². The van der Waals surface area contributed by atoms with Crippen molar-refractivity contribution in [3.63, 3.8) is 0 Å².